The predicted octanol–water partition coefficient (Wildman–Crippen LogP) is 4.16. The number of aryl methyl sites for hydroxylation is 1. The van der Waals surface area contributed by atoms with E-state index in [1.54, 1.807) is 6.08 Å². The maximum Gasteiger partial charge on any atom is 0.244 e. The summed E-state index contributed by atoms with van der Waals surface area (Å²) in [6.45, 7) is 7.09. The van der Waals surface area contributed by atoms with Crippen molar-refractivity contribution in [2.24, 2.45) is 0 Å². The highest BCUT2D eigenvalue weighted by molar-refractivity contribution is 5.96. The van der Waals surface area contributed by atoms with Gasteiger partial charge in [0.05, 0.1) is 13.2 Å². The van der Waals surface area contributed by atoms with Crippen LogP contribution in [0.5, 0.6) is 0 Å². The summed E-state index contributed by atoms with van der Waals surface area (Å²) in [6, 6.07) is 16.4. The van der Waals surface area contributed by atoms with Crippen molar-refractivity contribution in [3.05, 3.63) is 77.1 Å². The lowest BCUT2D eigenvalue weighted by Gasteiger charge is -2.26. The second-order valence-electron chi connectivity index (χ2n) is 7.54. The Morgan fingerprint density at radius 3 is 2.57 bits per heavy atom. The van der Waals surface area contributed by atoms with Crippen molar-refractivity contribution in [3.63, 3.8) is 0 Å². The van der Waals surface area contributed by atoms with Crippen molar-refractivity contribution in [1.29, 1.82) is 0 Å². The summed E-state index contributed by atoms with van der Waals surface area (Å²) in [5.74, 6) is 0.788. The van der Waals surface area contributed by atoms with E-state index in [0.29, 0.717) is 6.54 Å². The topological polar surface area (TPSA) is 54.7 Å². The first kappa shape index (κ1) is 20.4. The molecule has 1 aromatic heterocycles. The van der Waals surface area contributed by atoms with E-state index in [0.717, 1.165) is 67.1 Å². The number of amides is 1. The highest BCUT2D eigenvalue weighted by Crippen LogP contribution is 2.27. The van der Waals surface area contributed by atoms with Crippen molar-refractivity contribution in [2.45, 2.75) is 26.4 Å². The molecule has 1 aliphatic heterocycles. The number of ether oxygens (including phenoxy) is 1. The van der Waals surface area contributed by atoms with Gasteiger partial charge >= 0.3 is 0 Å². The van der Waals surface area contributed by atoms with E-state index in [-0.39, 0.29) is 5.91 Å². The summed E-state index contributed by atoms with van der Waals surface area (Å²) in [5, 5.41) is 4.00. The third kappa shape index (κ3) is 4.99. The van der Waals surface area contributed by atoms with Gasteiger partial charge in [-0.15, -0.1) is 0 Å². The number of rotatable bonds is 7. The second-order valence-corrected chi connectivity index (χ2v) is 7.54. The van der Waals surface area contributed by atoms with Crippen molar-refractivity contribution in [2.75, 3.05) is 26.3 Å². The molecule has 5 nitrogen and oxygen atoms in total. The molecule has 0 atom stereocenters. The Labute approximate surface area is 177 Å². The van der Waals surface area contributed by atoms with Gasteiger partial charge in [0.2, 0.25) is 5.91 Å². The van der Waals surface area contributed by atoms with E-state index in [4.69, 9.17) is 9.15 Å². The maximum atomic E-state index is 12.3. The number of carbonyl (C=O) groups excluding carboxylic acids is 1. The lowest BCUT2D eigenvalue weighted by Crippen LogP contribution is -2.35. The van der Waals surface area contributed by atoms with Crippen molar-refractivity contribution < 1.29 is 13.9 Å². The molecule has 0 aliphatic carbocycles. The summed E-state index contributed by atoms with van der Waals surface area (Å²) >= 11 is 0. The van der Waals surface area contributed by atoms with Gasteiger partial charge in [0.25, 0.3) is 0 Å². The molecule has 2 heterocycles. The van der Waals surface area contributed by atoms with E-state index in [1.807, 2.05) is 30.3 Å². The maximum absolute atomic E-state index is 12.3. The number of fused-ring (bicyclic) bond motifs is 1. The predicted molar refractivity (Wildman–Crippen MR) is 119 cm³/mol. The fourth-order valence-electron chi connectivity index (χ4n) is 3.75. The lowest BCUT2D eigenvalue weighted by atomic mass is 10.1. The minimum Gasteiger partial charge on any atom is -0.460 e. The number of nitrogens with zero attached hydrogens (tertiary/aromatic N) is 1. The van der Waals surface area contributed by atoms with Crippen LogP contribution in [0.2, 0.25) is 0 Å². The Hall–Kier alpha value is -2.89. The molecule has 4 rings (SSSR count). The van der Waals surface area contributed by atoms with E-state index >= 15 is 0 Å². The number of nitrogens with one attached hydrogen (secondary N) is 1. The monoisotopic (exact) mass is 404 g/mol. The van der Waals surface area contributed by atoms with Gasteiger partial charge in [-0.2, -0.15) is 0 Å². The van der Waals surface area contributed by atoms with E-state index in [1.165, 1.54) is 5.56 Å². The highest BCUT2D eigenvalue weighted by atomic mass is 16.5. The van der Waals surface area contributed by atoms with Gasteiger partial charge in [-0.25, -0.2) is 0 Å². The Morgan fingerprint density at radius 1 is 1.07 bits per heavy atom. The zero-order chi connectivity index (χ0) is 20.8. The minimum atomic E-state index is -0.111. The number of benzene rings is 2. The molecule has 0 saturated carbocycles. The Morgan fingerprint density at radius 2 is 1.80 bits per heavy atom. The average Bonchev–Trinajstić information content (AvgIpc) is 3.15. The van der Waals surface area contributed by atoms with Gasteiger partial charge < -0.3 is 14.5 Å². The summed E-state index contributed by atoms with van der Waals surface area (Å²) in [6.07, 6.45) is 4.22. The summed E-state index contributed by atoms with van der Waals surface area (Å²) in [7, 11) is 0. The SMILES string of the molecule is CCc1oc2ccccc2c1/C=C/C(=O)NCc1ccc(CN2CCOCC2)cc1. The molecule has 0 unspecified atom stereocenters. The molecule has 1 saturated heterocycles. The normalized spacial score (nSPS) is 15.1. The Bertz CT molecular complexity index is 1010. The third-order valence-corrected chi connectivity index (χ3v) is 5.43. The van der Waals surface area contributed by atoms with Crippen LogP contribution >= 0.6 is 0 Å². The van der Waals surface area contributed by atoms with Crippen LogP contribution in [0.3, 0.4) is 0 Å². The number of furan rings is 1. The standard InChI is InChI=1S/C25H28N2O3/c1-2-23-22(21-5-3-4-6-24(21)30-23)11-12-25(28)26-17-19-7-9-20(10-8-19)18-27-13-15-29-16-14-27/h3-12H,2,13-18H2,1H3,(H,26,28)/b12-11+. The first-order chi connectivity index (χ1) is 14.7. The van der Waals surface area contributed by atoms with Crippen LogP contribution < -0.4 is 5.32 Å². The smallest absolute Gasteiger partial charge is 0.244 e. The summed E-state index contributed by atoms with van der Waals surface area (Å²) < 4.78 is 11.3. The van der Waals surface area contributed by atoms with Crippen molar-refractivity contribution in [3.8, 4) is 0 Å². The van der Waals surface area contributed by atoms with E-state index in [9.17, 15) is 4.79 Å². The van der Waals surface area contributed by atoms with Crippen molar-refractivity contribution >= 4 is 23.0 Å². The molecule has 0 bridgehead atoms. The average molecular weight is 405 g/mol. The molecule has 30 heavy (non-hydrogen) atoms. The van der Waals surface area contributed by atoms with Gasteiger partial charge in [0.15, 0.2) is 0 Å². The molecular formula is C25H28N2O3. The van der Waals surface area contributed by atoms with Gasteiger partial charge in [-0.05, 0) is 23.3 Å². The molecule has 0 spiro atoms. The van der Waals surface area contributed by atoms with Gasteiger partial charge in [0.1, 0.15) is 11.3 Å². The molecule has 0 radical (unpaired) electrons. The van der Waals surface area contributed by atoms with Crippen LogP contribution in [0.25, 0.3) is 17.0 Å². The number of hydrogen-bond acceptors (Lipinski definition) is 4. The number of hydrogen-bond donors (Lipinski definition) is 1. The zero-order valence-corrected chi connectivity index (χ0v) is 17.4. The number of para-hydroxylation sites is 1. The summed E-state index contributed by atoms with van der Waals surface area (Å²) in [4.78, 5) is 14.7. The molecule has 1 amide bonds. The van der Waals surface area contributed by atoms with Crippen LogP contribution in [-0.4, -0.2) is 37.1 Å². The van der Waals surface area contributed by atoms with Crippen molar-refractivity contribution in [1.82, 2.24) is 10.2 Å². The third-order valence-electron chi connectivity index (χ3n) is 5.43. The molecule has 3 aromatic rings. The largest absolute Gasteiger partial charge is 0.460 e. The van der Waals surface area contributed by atoms with Crippen LogP contribution in [0.15, 0.2) is 59.0 Å². The Balaban J connectivity index is 1.32. The first-order valence-electron chi connectivity index (χ1n) is 10.6. The number of morpholine rings is 1. The lowest BCUT2D eigenvalue weighted by molar-refractivity contribution is -0.116. The Kier molecular flexibility index (Phi) is 6.62. The van der Waals surface area contributed by atoms with E-state index < -0.39 is 0 Å². The van der Waals surface area contributed by atoms with Crippen LogP contribution in [0, 0.1) is 0 Å². The quantitative estimate of drug-likeness (QED) is 0.601. The minimum absolute atomic E-state index is 0.111. The van der Waals surface area contributed by atoms with Gasteiger partial charge in [-0.1, -0.05) is 49.4 Å². The molecule has 1 N–H and O–H groups in total. The van der Waals surface area contributed by atoms with Crippen LogP contribution in [-0.2, 0) is 29.0 Å². The van der Waals surface area contributed by atoms with Crippen LogP contribution in [0.1, 0.15) is 29.4 Å². The highest BCUT2D eigenvalue weighted by Gasteiger charge is 2.11. The molecule has 1 fully saturated rings. The fraction of sp³-hybridized carbons (Fsp3) is 0.320. The fourth-order valence-corrected chi connectivity index (χ4v) is 3.75. The second kappa shape index (κ2) is 9.74. The van der Waals surface area contributed by atoms with Crippen LogP contribution in [0.4, 0.5) is 0 Å². The molecule has 5 heteroatoms. The molecule has 1 aliphatic rings. The molecule has 2 aromatic carbocycles. The van der Waals surface area contributed by atoms with Gasteiger partial charge in [-0.3, -0.25) is 9.69 Å². The first-order valence-corrected chi connectivity index (χ1v) is 10.6. The molecule has 156 valence electrons. The molecular weight excluding hydrogens is 376 g/mol. The summed E-state index contributed by atoms with van der Waals surface area (Å²) in [5.41, 5.74) is 4.21. The zero-order valence-electron chi connectivity index (χ0n) is 17.4. The number of carbonyl (C=O) groups is 1. The van der Waals surface area contributed by atoms with Gasteiger partial charge in [0, 0.05) is 49.6 Å². The van der Waals surface area contributed by atoms with E-state index in [2.05, 4.69) is 41.4 Å².